The van der Waals surface area contributed by atoms with E-state index in [1.807, 2.05) is 25.6 Å². The topological polar surface area (TPSA) is 65.7 Å². The van der Waals surface area contributed by atoms with E-state index < -0.39 is 0 Å². The van der Waals surface area contributed by atoms with Crippen molar-refractivity contribution in [1.82, 2.24) is 15.0 Å². The number of nitriles is 1. The predicted molar refractivity (Wildman–Crippen MR) is 94.0 cm³/mol. The lowest BCUT2D eigenvalue weighted by atomic mass is 9.99. The van der Waals surface area contributed by atoms with Gasteiger partial charge in [0.15, 0.2) is 0 Å². The Morgan fingerprint density at radius 2 is 2.09 bits per heavy atom. The van der Waals surface area contributed by atoms with Crippen molar-refractivity contribution in [1.29, 1.82) is 5.26 Å². The molecule has 0 bridgehead atoms. The van der Waals surface area contributed by atoms with Crippen molar-refractivity contribution in [2.45, 2.75) is 31.0 Å². The van der Waals surface area contributed by atoms with Gasteiger partial charge in [0.05, 0.1) is 0 Å². The molecule has 0 amide bonds. The van der Waals surface area contributed by atoms with Crippen LogP contribution in [0.4, 0.5) is 5.82 Å². The van der Waals surface area contributed by atoms with Crippen molar-refractivity contribution in [3.05, 3.63) is 28.7 Å². The van der Waals surface area contributed by atoms with Crippen LogP contribution in [-0.4, -0.2) is 33.8 Å². The van der Waals surface area contributed by atoms with E-state index in [2.05, 4.69) is 31.3 Å². The molecule has 0 aliphatic carbocycles. The monoisotopic (exact) mass is 345 g/mol. The van der Waals surface area contributed by atoms with Gasteiger partial charge in [0.1, 0.15) is 27.7 Å². The molecular weight excluding hydrogens is 326 g/mol. The van der Waals surface area contributed by atoms with Crippen LogP contribution in [0.15, 0.2) is 15.8 Å². The number of aryl methyl sites for hydroxylation is 2. The third-order valence-electron chi connectivity index (χ3n) is 3.92. The van der Waals surface area contributed by atoms with Gasteiger partial charge >= 0.3 is 0 Å². The van der Waals surface area contributed by atoms with Gasteiger partial charge in [-0.25, -0.2) is 15.0 Å². The number of thiazole rings is 1. The van der Waals surface area contributed by atoms with Crippen molar-refractivity contribution in [3.8, 4) is 6.07 Å². The summed E-state index contributed by atoms with van der Waals surface area (Å²) in [5, 5.41) is 11.1. The van der Waals surface area contributed by atoms with Gasteiger partial charge in [-0.2, -0.15) is 5.26 Å². The first-order chi connectivity index (χ1) is 11.1. The van der Waals surface area contributed by atoms with Crippen molar-refractivity contribution < 1.29 is 0 Å². The van der Waals surface area contributed by atoms with Crippen LogP contribution < -0.4 is 4.90 Å². The van der Waals surface area contributed by atoms with Crippen LogP contribution in [0.1, 0.15) is 30.1 Å². The van der Waals surface area contributed by atoms with E-state index in [1.165, 1.54) is 4.34 Å². The van der Waals surface area contributed by atoms with Gasteiger partial charge in [-0.3, -0.25) is 0 Å². The van der Waals surface area contributed by atoms with Crippen molar-refractivity contribution in [3.63, 3.8) is 0 Å². The fourth-order valence-corrected chi connectivity index (χ4v) is 4.75. The molecule has 0 saturated carbocycles. The number of aromatic nitrogens is 3. The van der Waals surface area contributed by atoms with Crippen molar-refractivity contribution in [2.75, 3.05) is 23.7 Å². The summed E-state index contributed by atoms with van der Waals surface area (Å²) in [6.07, 6.45) is 2.31. The second kappa shape index (κ2) is 7.28. The molecule has 23 heavy (non-hydrogen) atoms. The van der Waals surface area contributed by atoms with E-state index >= 15 is 0 Å². The summed E-state index contributed by atoms with van der Waals surface area (Å²) in [6, 6.07) is 3.90. The zero-order valence-corrected chi connectivity index (χ0v) is 15.0. The minimum atomic E-state index is 0.448. The van der Waals surface area contributed by atoms with E-state index in [-0.39, 0.29) is 0 Å². The molecular formula is C16H19N5S2. The van der Waals surface area contributed by atoms with Crippen LogP contribution in [0.3, 0.4) is 0 Å². The van der Waals surface area contributed by atoms with Gasteiger partial charge in [-0.05, 0) is 32.6 Å². The first-order valence-electron chi connectivity index (χ1n) is 7.69. The smallest absolute Gasteiger partial charge is 0.150 e. The van der Waals surface area contributed by atoms with Crippen molar-refractivity contribution in [2.24, 2.45) is 5.92 Å². The number of piperidine rings is 1. The third kappa shape index (κ3) is 4.21. The maximum absolute atomic E-state index is 9.04. The van der Waals surface area contributed by atoms with E-state index in [9.17, 15) is 0 Å². The quantitative estimate of drug-likeness (QED) is 0.791. The molecule has 120 valence electrons. The lowest BCUT2D eigenvalue weighted by molar-refractivity contribution is 0.442. The molecule has 3 heterocycles. The number of hydrogen-bond acceptors (Lipinski definition) is 7. The van der Waals surface area contributed by atoms with Gasteiger partial charge in [0.25, 0.3) is 0 Å². The van der Waals surface area contributed by atoms with E-state index in [0.717, 1.165) is 49.1 Å². The van der Waals surface area contributed by atoms with Gasteiger partial charge in [-0.1, -0.05) is 11.8 Å². The highest BCUT2D eigenvalue weighted by Gasteiger charge is 2.21. The molecule has 0 N–H and O–H groups in total. The summed E-state index contributed by atoms with van der Waals surface area (Å²) in [6.45, 7) is 5.86. The van der Waals surface area contributed by atoms with Gasteiger partial charge in [0.2, 0.25) is 0 Å². The Bertz CT molecular complexity index is 714. The second-order valence-corrected chi connectivity index (χ2v) is 7.89. The fourth-order valence-electron chi connectivity index (χ4n) is 2.69. The third-order valence-corrected chi connectivity index (χ3v) is 6.29. The summed E-state index contributed by atoms with van der Waals surface area (Å²) in [5.74, 6) is 3.40. The first-order valence-corrected chi connectivity index (χ1v) is 9.56. The highest BCUT2D eigenvalue weighted by atomic mass is 32.2. The average Bonchev–Trinajstić information content (AvgIpc) is 2.98. The predicted octanol–water partition coefficient (Wildman–Crippen LogP) is 3.43. The Labute approximate surface area is 144 Å². The Morgan fingerprint density at radius 3 is 2.74 bits per heavy atom. The van der Waals surface area contributed by atoms with Crippen LogP contribution in [0.5, 0.6) is 0 Å². The molecule has 1 fully saturated rings. The van der Waals surface area contributed by atoms with Crippen LogP contribution in [0.25, 0.3) is 0 Å². The van der Waals surface area contributed by atoms with Crippen LogP contribution >= 0.6 is 23.1 Å². The minimum absolute atomic E-state index is 0.448. The molecule has 3 rings (SSSR count). The number of thioether (sulfide) groups is 1. The highest BCUT2D eigenvalue weighted by molar-refractivity contribution is 8.01. The highest BCUT2D eigenvalue weighted by Crippen LogP contribution is 2.29. The molecule has 5 nitrogen and oxygen atoms in total. The number of nitrogens with zero attached hydrogens (tertiary/aromatic N) is 5. The largest absolute Gasteiger partial charge is 0.356 e. The maximum atomic E-state index is 9.04. The first kappa shape index (κ1) is 16.2. The molecule has 1 aliphatic rings. The molecule has 0 unspecified atom stereocenters. The molecule has 0 atom stereocenters. The molecule has 1 saturated heterocycles. The Morgan fingerprint density at radius 1 is 1.30 bits per heavy atom. The summed E-state index contributed by atoms with van der Waals surface area (Å²) in [5.41, 5.74) is 1.56. The van der Waals surface area contributed by atoms with E-state index in [0.29, 0.717) is 11.5 Å². The molecule has 2 aromatic rings. The number of anilines is 1. The molecule has 7 heteroatoms. The minimum Gasteiger partial charge on any atom is -0.356 e. The molecule has 0 aromatic carbocycles. The van der Waals surface area contributed by atoms with Gasteiger partial charge in [-0.15, -0.1) is 11.3 Å². The lowest BCUT2D eigenvalue weighted by Gasteiger charge is -2.32. The summed E-state index contributed by atoms with van der Waals surface area (Å²) < 4.78 is 1.18. The summed E-state index contributed by atoms with van der Waals surface area (Å²) in [4.78, 5) is 15.4. The Hall–Kier alpha value is -1.65. The maximum Gasteiger partial charge on any atom is 0.150 e. The summed E-state index contributed by atoms with van der Waals surface area (Å²) >= 11 is 3.61. The lowest BCUT2D eigenvalue weighted by Crippen LogP contribution is -2.35. The zero-order valence-electron chi connectivity index (χ0n) is 13.3. The normalized spacial score (nSPS) is 15.6. The molecule has 0 spiro atoms. The molecule has 2 aromatic heterocycles. The Balaban J connectivity index is 1.54. The van der Waals surface area contributed by atoms with Crippen molar-refractivity contribution >= 4 is 28.9 Å². The molecule has 1 aliphatic heterocycles. The van der Waals surface area contributed by atoms with E-state index in [1.54, 1.807) is 17.4 Å². The molecule has 0 radical (unpaired) electrons. The zero-order chi connectivity index (χ0) is 16.2. The van der Waals surface area contributed by atoms with Gasteiger partial charge in [0, 0.05) is 36.0 Å². The van der Waals surface area contributed by atoms with Gasteiger partial charge < -0.3 is 4.90 Å². The van der Waals surface area contributed by atoms with Crippen LogP contribution in [0, 0.1) is 31.1 Å². The Kier molecular flexibility index (Phi) is 5.13. The number of rotatable bonds is 4. The summed E-state index contributed by atoms with van der Waals surface area (Å²) in [7, 11) is 0. The standard InChI is InChI=1S/C16H19N5S2/c1-11-9-22-16(18-11)23-10-13-3-5-21(6-4-13)15-7-14(8-17)19-12(2)20-15/h7,9,13H,3-6,10H2,1-2H3. The SMILES string of the molecule is Cc1csc(SCC2CCN(c3cc(C#N)nc(C)n3)CC2)n1. The van der Waals surface area contributed by atoms with Crippen LogP contribution in [-0.2, 0) is 0 Å². The second-order valence-electron chi connectivity index (χ2n) is 5.77. The average molecular weight is 345 g/mol. The van der Waals surface area contributed by atoms with E-state index in [4.69, 9.17) is 5.26 Å². The fraction of sp³-hybridized carbons (Fsp3) is 0.500. The van der Waals surface area contributed by atoms with Crippen LogP contribution in [0.2, 0.25) is 0 Å². The number of hydrogen-bond donors (Lipinski definition) is 0.